The molecule has 2 rings (SSSR count). The van der Waals surface area contributed by atoms with Gasteiger partial charge in [0, 0.05) is 36.6 Å². The van der Waals surface area contributed by atoms with Crippen LogP contribution in [0.15, 0.2) is 18.2 Å². The number of thioether (sulfide) groups is 1. The lowest BCUT2D eigenvalue weighted by Gasteiger charge is -2.19. The van der Waals surface area contributed by atoms with Crippen LogP contribution in [0.5, 0.6) is 0 Å². The number of nitrogens with two attached hydrogens (primary N) is 1. The molecule has 1 aliphatic heterocycles. The van der Waals surface area contributed by atoms with E-state index in [-0.39, 0.29) is 5.91 Å². The second-order valence-corrected chi connectivity index (χ2v) is 6.40. The number of amides is 1. The van der Waals surface area contributed by atoms with E-state index in [4.69, 9.17) is 5.73 Å². The van der Waals surface area contributed by atoms with Crippen LogP contribution in [0.25, 0.3) is 0 Å². The minimum atomic E-state index is 0.0654. The van der Waals surface area contributed by atoms with E-state index in [1.807, 2.05) is 36.9 Å². The third-order valence-corrected chi connectivity index (χ3v) is 4.55. The number of carbonyl (C=O) groups excluding carboxylic acids is 1. The van der Waals surface area contributed by atoms with Crippen LogP contribution >= 0.6 is 11.8 Å². The number of rotatable bonds is 4. The molecule has 0 spiro atoms. The van der Waals surface area contributed by atoms with Crippen molar-refractivity contribution in [2.75, 3.05) is 42.2 Å². The number of hydrogen-bond acceptors (Lipinski definition) is 4. The van der Waals surface area contributed by atoms with Crippen LogP contribution in [0.1, 0.15) is 18.4 Å². The quantitative estimate of drug-likeness (QED) is 0.837. The number of nitrogens with one attached hydrogen (secondary N) is 1. The molecule has 1 heterocycles. The van der Waals surface area contributed by atoms with Crippen LogP contribution in [-0.4, -0.2) is 41.9 Å². The monoisotopic (exact) mass is 293 g/mol. The van der Waals surface area contributed by atoms with Crippen molar-refractivity contribution in [1.29, 1.82) is 0 Å². The maximum Gasteiger partial charge on any atom is 0.225 e. The van der Waals surface area contributed by atoms with Crippen LogP contribution < -0.4 is 11.1 Å². The summed E-state index contributed by atoms with van der Waals surface area (Å²) >= 11 is 2.00. The van der Waals surface area contributed by atoms with Gasteiger partial charge in [0.15, 0.2) is 0 Å². The topological polar surface area (TPSA) is 58.4 Å². The molecule has 1 fully saturated rings. The molecule has 1 aromatic rings. The van der Waals surface area contributed by atoms with Crippen molar-refractivity contribution in [3.8, 4) is 0 Å². The zero-order valence-electron chi connectivity index (χ0n) is 12.0. The van der Waals surface area contributed by atoms with Crippen molar-refractivity contribution in [3.63, 3.8) is 0 Å². The third kappa shape index (κ3) is 4.72. The van der Waals surface area contributed by atoms with Gasteiger partial charge in [-0.05, 0) is 43.3 Å². The highest BCUT2D eigenvalue weighted by Crippen LogP contribution is 2.18. The molecule has 1 saturated heterocycles. The summed E-state index contributed by atoms with van der Waals surface area (Å²) < 4.78 is 0. The zero-order valence-corrected chi connectivity index (χ0v) is 12.8. The van der Waals surface area contributed by atoms with E-state index in [2.05, 4.69) is 10.2 Å². The van der Waals surface area contributed by atoms with E-state index < -0.39 is 0 Å². The summed E-state index contributed by atoms with van der Waals surface area (Å²) in [5, 5.41) is 2.96. The molecular formula is C15H23N3OS. The van der Waals surface area contributed by atoms with Crippen LogP contribution in [0.4, 0.5) is 11.4 Å². The van der Waals surface area contributed by atoms with E-state index >= 15 is 0 Å². The smallest absolute Gasteiger partial charge is 0.225 e. The van der Waals surface area contributed by atoms with Gasteiger partial charge in [-0.1, -0.05) is 6.07 Å². The molecule has 1 aromatic carbocycles. The summed E-state index contributed by atoms with van der Waals surface area (Å²) in [5.74, 6) is 2.48. The molecule has 1 amide bonds. The van der Waals surface area contributed by atoms with Crippen LogP contribution in [-0.2, 0) is 4.79 Å². The fraction of sp³-hybridized carbons (Fsp3) is 0.533. The van der Waals surface area contributed by atoms with Gasteiger partial charge in [0.05, 0.1) is 0 Å². The minimum absolute atomic E-state index is 0.0654. The zero-order chi connectivity index (χ0) is 14.4. The molecule has 0 atom stereocenters. The molecular weight excluding hydrogens is 270 g/mol. The number of nitrogens with zero attached hydrogens (tertiary/aromatic N) is 1. The molecule has 0 radical (unpaired) electrons. The first-order chi connectivity index (χ1) is 9.65. The van der Waals surface area contributed by atoms with Crippen molar-refractivity contribution in [2.45, 2.75) is 19.8 Å². The van der Waals surface area contributed by atoms with Gasteiger partial charge in [-0.2, -0.15) is 11.8 Å². The molecule has 0 bridgehead atoms. The molecule has 0 saturated carbocycles. The number of nitrogen functional groups attached to an aromatic ring is 1. The van der Waals surface area contributed by atoms with Crippen LogP contribution in [0, 0.1) is 6.92 Å². The number of anilines is 2. The highest BCUT2D eigenvalue weighted by molar-refractivity contribution is 7.99. The lowest BCUT2D eigenvalue weighted by Crippen LogP contribution is -2.29. The summed E-state index contributed by atoms with van der Waals surface area (Å²) in [6.07, 6.45) is 1.76. The Morgan fingerprint density at radius 2 is 2.25 bits per heavy atom. The van der Waals surface area contributed by atoms with Crippen molar-refractivity contribution < 1.29 is 4.79 Å². The Morgan fingerprint density at radius 3 is 3.10 bits per heavy atom. The van der Waals surface area contributed by atoms with Crippen LogP contribution in [0.2, 0.25) is 0 Å². The third-order valence-electron chi connectivity index (χ3n) is 3.51. The lowest BCUT2D eigenvalue weighted by atomic mass is 10.2. The second-order valence-electron chi connectivity index (χ2n) is 5.18. The maximum atomic E-state index is 12.0. The Balaban J connectivity index is 1.81. The largest absolute Gasteiger partial charge is 0.399 e. The molecule has 5 heteroatoms. The predicted molar refractivity (Wildman–Crippen MR) is 87.2 cm³/mol. The number of carbonyl (C=O) groups is 1. The molecule has 0 aromatic heterocycles. The first-order valence-corrected chi connectivity index (χ1v) is 8.27. The second kappa shape index (κ2) is 7.55. The molecule has 0 unspecified atom stereocenters. The molecule has 0 aliphatic carbocycles. The van der Waals surface area contributed by atoms with Gasteiger partial charge in [-0.25, -0.2) is 0 Å². The molecule has 3 N–H and O–H groups in total. The SMILES string of the molecule is Cc1ccc(N)cc1NC(=O)CCN1CCCSCC1. The Morgan fingerprint density at radius 1 is 1.40 bits per heavy atom. The fourth-order valence-electron chi connectivity index (χ4n) is 2.27. The number of benzene rings is 1. The number of hydrogen-bond donors (Lipinski definition) is 2. The number of aryl methyl sites for hydroxylation is 1. The summed E-state index contributed by atoms with van der Waals surface area (Å²) in [4.78, 5) is 14.4. The van der Waals surface area contributed by atoms with Crippen molar-refractivity contribution in [1.82, 2.24) is 4.90 Å². The fourth-order valence-corrected chi connectivity index (χ4v) is 3.19. The molecule has 4 nitrogen and oxygen atoms in total. The van der Waals surface area contributed by atoms with Gasteiger partial charge in [0.2, 0.25) is 5.91 Å². The van der Waals surface area contributed by atoms with Crippen molar-refractivity contribution in [2.24, 2.45) is 0 Å². The van der Waals surface area contributed by atoms with Gasteiger partial charge in [0.25, 0.3) is 0 Å². The molecule has 110 valence electrons. The van der Waals surface area contributed by atoms with Gasteiger partial charge in [-0.15, -0.1) is 0 Å². The summed E-state index contributed by atoms with van der Waals surface area (Å²) in [6, 6.07) is 5.59. The first kappa shape index (κ1) is 15.2. The normalized spacial score (nSPS) is 16.6. The molecule has 20 heavy (non-hydrogen) atoms. The Bertz CT molecular complexity index is 456. The average Bonchev–Trinajstić information content (AvgIpc) is 2.69. The summed E-state index contributed by atoms with van der Waals surface area (Å²) in [7, 11) is 0. The Kier molecular flexibility index (Phi) is 5.73. The Hall–Kier alpha value is -1.20. The highest BCUT2D eigenvalue weighted by Gasteiger charge is 2.11. The maximum absolute atomic E-state index is 12.0. The van der Waals surface area contributed by atoms with Crippen LogP contribution in [0.3, 0.4) is 0 Å². The van der Waals surface area contributed by atoms with E-state index in [1.165, 1.54) is 17.9 Å². The van der Waals surface area contributed by atoms with Gasteiger partial charge in [0.1, 0.15) is 0 Å². The first-order valence-electron chi connectivity index (χ1n) is 7.11. The molecule has 1 aliphatic rings. The Labute approximate surface area is 125 Å². The van der Waals surface area contributed by atoms with Crippen molar-refractivity contribution >= 4 is 29.0 Å². The predicted octanol–water partition coefficient (Wildman–Crippen LogP) is 2.34. The van der Waals surface area contributed by atoms with E-state index in [9.17, 15) is 4.79 Å². The average molecular weight is 293 g/mol. The van der Waals surface area contributed by atoms with Gasteiger partial charge < -0.3 is 16.0 Å². The van der Waals surface area contributed by atoms with E-state index in [1.54, 1.807) is 0 Å². The van der Waals surface area contributed by atoms with Crippen molar-refractivity contribution in [3.05, 3.63) is 23.8 Å². The van der Waals surface area contributed by atoms with E-state index in [0.717, 1.165) is 30.9 Å². The summed E-state index contributed by atoms with van der Waals surface area (Å²) in [5.41, 5.74) is 8.29. The minimum Gasteiger partial charge on any atom is -0.399 e. The lowest BCUT2D eigenvalue weighted by molar-refractivity contribution is -0.116. The van der Waals surface area contributed by atoms with Gasteiger partial charge in [-0.3, -0.25) is 4.79 Å². The van der Waals surface area contributed by atoms with Gasteiger partial charge >= 0.3 is 0 Å². The highest BCUT2D eigenvalue weighted by atomic mass is 32.2. The summed E-state index contributed by atoms with van der Waals surface area (Å²) in [6.45, 7) is 5.02. The standard InChI is InChI=1S/C15H23N3OS/c1-12-3-4-13(16)11-14(12)17-15(19)5-7-18-6-2-9-20-10-8-18/h3-4,11H,2,5-10,16H2,1H3,(H,17,19). The van der Waals surface area contributed by atoms with E-state index in [0.29, 0.717) is 12.1 Å².